The molecule has 0 amide bonds. The van der Waals surface area contributed by atoms with Gasteiger partial charge in [0.2, 0.25) is 0 Å². The topological polar surface area (TPSA) is 43.1 Å². The van der Waals surface area contributed by atoms with Gasteiger partial charge >= 0.3 is 0 Å². The van der Waals surface area contributed by atoms with E-state index in [1.54, 1.807) is 18.2 Å². The first-order valence-electron chi connectivity index (χ1n) is 2.91. The molecule has 0 spiro atoms. The SMILES string of the molecule is [CH2]Sc1ccccc1[N+](=O)[O-]. The fourth-order valence-electron chi connectivity index (χ4n) is 0.730. The molecule has 1 aromatic carbocycles. The van der Waals surface area contributed by atoms with Crippen molar-refractivity contribution >= 4 is 17.4 Å². The van der Waals surface area contributed by atoms with Gasteiger partial charge in [0.15, 0.2) is 0 Å². The Labute approximate surface area is 68.6 Å². The van der Waals surface area contributed by atoms with Crippen molar-refractivity contribution in [2.24, 2.45) is 0 Å². The molecule has 0 unspecified atom stereocenters. The lowest BCUT2D eigenvalue weighted by Gasteiger charge is -1.95. The third kappa shape index (κ3) is 1.71. The van der Waals surface area contributed by atoms with Crippen LogP contribution in [0.2, 0.25) is 0 Å². The molecule has 3 nitrogen and oxygen atoms in total. The zero-order chi connectivity index (χ0) is 8.27. The van der Waals surface area contributed by atoms with Gasteiger partial charge in [0.05, 0.1) is 9.82 Å². The van der Waals surface area contributed by atoms with Crippen LogP contribution >= 0.6 is 11.8 Å². The second kappa shape index (κ2) is 3.39. The molecule has 57 valence electrons. The van der Waals surface area contributed by atoms with Crippen molar-refractivity contribution in [3.8, 4) is 0 Å². The van der Waals surface area contributed by atoms with Crippen LogP contribution in [0.3, 0.4) is 0 Å². The van der Waals surface area contributed by atoms with Gasteiger partial charge in [-0.15, -0.1) is 11.8 Å². The number of hydrogen-bond acceptors (Lipinski definition) is 3. The van der Waals surface area contributed by atoms with Crippen molar-refractivity contribution in [1.82, 2.24) is 0 Å². The fourth-order valence-corrected chi connectivity index (χ4v) is 1.20. The molecule has 0 aliphatic carbocycles. The Kier molecular flexibility index (Phi) is 2.48. The number of rotatable bonds is 2. The van der Waals surface area contributed by atoms with E-state index in [4.69, 9.17) is 0 Å². The summed E-state index contributed by atoms with van der Waals surface area (Å²) in [6, 6.07) is 6.53. The summed E-state index contributed by atoms with van der Waals surface area (Å²) in [4.78, 5) is 10.5. The van der Waals surface area contributed by atoms with E-state index < -0.39 is 4.92 Å². The molecule has 0 aliphatic heterocycles. The molecular formula is C7H6NO2S. The zero-order valence-corrected chi connectivity index (χ0v) is 6.50. The fraction of sp³-hybridized carbons (Fsp3) is 0. The summed E-state index contributed by atoms with van der Waals surface area (Å²) >= 11 is 1.13. The van der Waals surface area contributed by atoms with E-state index in [1.165, 1.54) is 6.07 Å². The van der Waals surface area contributed by atoms with E-state index in [2.05, 4.69) is 6.26 Å². The van der Waals surface area contributed by atoms with Crippen molar-refractivity contribution in [3.05, 3.63) is 40.6 Å². The molecule has 0 saturated heterocycles. The Morgan fingerprint density at radius 3 is 2.55 bits per heavy atom. The largest absolute Gasteiger partial charge is 0.282 e. The minimum atomic E-state index is -0.409. The lowest BCUT2D eigenvalue weighted by Crippen LogP contribution is -1.88. The molecule has 0 N–H and O–H groups in total. The Hall–Kier alpha value is -1.03. The van der Waals surface area contributed by atoms with Gasteiger partial charge in [0.25, 0.3) is 5.69 Å². The molecule has 1 aromatic rings. The van der Waals surface area contributed by atoms with Crippen molar-refractivity contribution in [2.45, 2.75) is 4.90 Å². The second-order valence-corrected chi connectivity index (χ2v) is 2.60. The van der Waals surface area contributed by atoms with Gasteiger partial charge in [-0.2, -0.15) is 0 Å². The minimum absolute atomic E-state index is 0.118. The third-order valence-electron chi connectivity index (χ3n) is 1.22. The highest BCUT2D eigenvalue weighted by molar-refractivity contribution is 8.00. The molecule has 0 atom stereocenters. The Bertz CT molecular complexity index is 275. The first-order chi connectivity index (χ1) is 5.25. The predicted molar refractivity (Wildman–Crippen MR) is 44.3 cm³/mol. The molecule has 4 heteroatoms. The first-order valence-corrected chi connectivity index (χ1v) is 3.89. The van der Waals surface area contributed by atoms with E-state index in [0.717, 1.165) is 11.8 Å². The standard InChI is InChI=1S/C7H6NO2S/c1-11-7-5-3-2-4-6(7)8(9)10/h2-5H,1H2. The van der Waals surface area contributed by atoms with Crippen LogP contribution in [0, 0.1) is 16.4 Å². The Morgan fingerprint density at radius 2 is 2.09 bits per heavy atom. The molecule has 0 saturated carbocycles. The summed E-state index contributed by atoms with van der Waals surface area (Å²) in [6.07, 6.45) is 3.51. The van der Waals surface area contributed by atoms with Crippen LogP contribution in [-0.2, 0) is 0 Å². The molecule has 1 radical (unpaired) electrons. The maximum atomic E-state index is 10.3. The number of hydrogen-bond donors (Lipinski definition) is 0. The van der Waals surface area contributed by atoms with E-state index in [0.29, 0.717) is 4.90 Å². The van der Waals surface area contributed by atoms with Gasteiger partial charge < -0.3 is 0 Å². The van der Waals surface area contributed by atoms with Gasteiger partial charge in [-0.3, -0.25) is 10.1 Å². The molecule has 0 heterocycles. The molecular weight excluding hydrogens is 162 g/mol. The normalized spacial score (nSPS) is 9.55. The van der Waals surface area contributed by atoms with Crippen molar-refractivity contribution in [1.29, 1.82) is 0 Å². The van der Waals surface area contributed by atoms with Crippen LogP contribution in [0.25, 0.3) is 0 Å². The molecule has 0 aliphatic rings. The summed E-state index contributed by atoms with van der Waals surface area (Å²) in [5.74, 6) is 0. The van der Waals surface area contributed by atoms with Gasteiger partial charge in [-0.05, 0) is 6.07 Å². The highest BCUT2D eigenvalue weighted by atomic mass is 32.2. The summed E-state index contributed by atoms with van der Waals surface area (Å²) in [7, 11) is 0. The number of benzene rings is 1. The van der Waals surface area contributed by atoms with Crippen LogP contribution in [0.1, 0.15) is 0 Å². The molecule has 0 fully saturated rings. The summed E-state index contributed by atoms with van der Waals surface area (Å²) in [6.45, 7) is 0. The second-order valence-electron chi connectivity index (χ2n) is 1.87. The van der Waals surface area contributed by atoms with Gasteiger partial charge in [-0.1, -0.05) is 12.1 Å². The highest BCUT2D eigenvalue weighted by Crippen LogP contribution is 2.26. The average molecular weight is 168 g/mol. The van der Waals surface area contributed by atoms with Crippen LogP contribution in [0.4, 0.5) is 5.69 Å². The maximum absolute atomic E-state index is 10.3. The lowest BCUT2D eigenvalue weighted by molar-refractivity contribution is -0.387. The lowest BCUT2D eigenvalue weighted by atomic mass is 10.3. The summed E-state index contributed by atoms with van der Waals surface area (Å²) in [5, 5.41) is 10.3. The smallest absolute Gasteiger partial charge is 0.258 e. The predicted octanol–water partition coefficient (Wildman–Crippen LogP) is 2.48. The number of thioether (sulfide) groups is 1. The van der Waals surface area contributed by atoms with Crippen LogP contribution < -0.4 is 0 Å². The third-order valence-corrected chi connectivity index (χ3v) is 1.87. The zero-order valence-electron chi connectivity index (χ0n) is 5.69. The Morgan fingerprint density at radius 1 is 1.45 bits per heavy atom. The van der Waals surface area contributed by atoms with Crippen LogP contribution in [0.15, 0.2) is 29.2 Å². The Balaban J connectivity index is 3.12. The number of nitro benzene ring substituents is 1. The van der Waals surface area contributed by atoms with Crippen molar-refractivity contribution < 1.29 is 4.92 Å². The van der Waals surface area contributed by atoms with Crippen molar-refractivity contribution in [2.75, 3.05) is 0 Å². The quantitative estimate of drug-likeness (QED) is 0.387. The molecule has 0 bridgehead atoms. The summed E-state index contributed by atoms with van der Waals surface area (Å²) in [5.41, 5.74) is 0.118. The van der Waals surface area contributed by atoms with Crippen molar-refractivity contribution in [3.63, 3.8) is 0 Å². The molecule has 1 rings (SSSR count). The van der Waals surface area contributed by atoms with E-state index in [1.807, 2.05) is 0 Å². The minimum Gasteiger partial charge on any atom is -0.258 e. The number of nitrogens with zero attached hydrogens (tertiary/aromatic N) is 1. The van der Waals surface area contributed by atoms with E-state index in [9.17, 15) is 10.1 Å². The van der Waals surface area contributed by atoms with Crippen LogP contribution in [-0.4, -0.2) is 4.92 Å². The first kappa shape index (κ1) is 8.07. The summed E-state index contributed by atoms with van der Waals surface area (Å²) < 4.78 is 0. The average Bonchev–Trinajstić information content (AvgIpc) is 2.04. The van der Waals surface area contributed by atoms with Gasteiger partial charge in [0, 0.05) is 12.3 Å². The van der Waals surface area contributed by atoms with Gasteiger partial charge in [-0.25, -0.2) is 0 Å². The van der Waals surface area contributed by atoms with Crippen LogP contribution in [0.5, 0.6) is 0 Å². The van der Waals surface area contributed by atoms with E-state index >= 15 is 0 Å². The molecule has 11 heavy (non-hydrogen) atoms. The van der Waals surface area contributed by atoms with E-state index in [-0.39, 0.29) is 5.69 Å². The maximum Gasteiger partial charge on any atom is 0.282 e. The number of para-hydroxylation sites is 1. The monoisotopic (exact) mass is 168 g/mol. The van der Waals surface area contributed by atoms with Gasteiger partial charge in [0.1, 0.15) is 0 Å². The highest BCUT2D eigenvalue weighted by Gasteiger charge is 2.09. The number of nitro groups is 1. The molecule has 0 aromatic heterocycles.